The molecule has 0 heterocycles. The van der Waals surface area contributed by atoms with Crippen LogP contribution in [0.4, 0.5) is 5.69 Å². The van der Waals surface area contributed by atoms with E-state index in [0.29, 0.717) is 35.7 Å². The predicted octanol–water partition coefficient (Wildman–Crippen LogP) is 5.76. The molecule has 3 rings (SSSR count). The van der Waals surface area contributed by atoms with Crippen molar-refractivity contribution >= 4 is 39.1 Å². The van der Waals surface area contributed by atoms with Gasteiger partial charge in [0.15, 0.2) is 0 Å². The van der Waals surface area contributed by atoms with Gasteiger partial charge in [0.2, 0.25) is 21.8 Å². The SMILES string of the molecule is CC[C@@H](C(=O)NC1CCCCC1)N(Cc1cccc(C)c1)C(=O)CCCN(c1cccc(Cl)c1C)S(C)(=O)=O. The molecular weight excluding hydrogens is 534 g/mol. The number of anilines is 1. The highest BCUT2D eigenvalue weighted by Gasteiger charge is 2.30. The minimum Gasteiger partial charge on any atom is -0.352 e. The molecule has 0 aromatic heterocycles. The molecule has 1 N–H and O–H groups in total. The van der Waals surface area contributed by atoms with E-state index in [4.69, 9.17) is 11.6 Å². The Kier molecular flexibility index (Phi) is 11.2. The Morgan fingerprint density at radius 2 is 1.77 bits per heavy atom. The summed E-state index contributed by atoms with van der Waals surface area (Å²) < 4.78 is 26.6. The van der Waals surface area contributed by atoms with Gasteiger partial charge >= 0.3 is 0 Å². The lowest BCUT2D eigenvalue weighted by molar-refractivity contribution is -0.141. The zero-order chi connectivity index (χ0) is 28.6. The number of hydrogen-bond acceptors (Lipinski definition) is 4. The second-order valence-corrected chi connectivity index (χ2v) is 12.9. The number of sulfonamides is 1. The average Bonchev–Trinajstić information content (AvgIpc) is 2.88. The summed E-state index contributed by atoms with van der Waals surface area (Å²) in [6, 6.07) is 12.7. The van der Waals surface area contributed by atoms with Crippen LogP contribution in [0.2, 0.25) is 5.02 Å². The number of amides is 2. The van der Waals surface area contributed by atoms with E-state index in [2.05, 4.69) is 5.32 Å². The van der Waals surface area contributed by atoms with E-state index < -0.39 is 16.1 Å². The highest BCUT2D eigenvalue weighted by molar-refractivity contribution is 7.92. The molecule has 0 saturated heterocycles. The fourth-order valence-electron chi connectivity index (χ4n) is 5.32. The van der Waals surface area contributed by atoms with Crippen LogP contribution in [0.5, 0.6) is 0 Å². The highest BCUT2D eigenvalue weighted by Crippen LogP contribution is 2.28. The van der Waals surface area contributed by atoms with Crippen LogP contribution in [0.15, 0.2) is 42.5 Å². The molecule has 1 fully saturated rings. The number of benzene rings is 2. The van der Waals surface area contributed by atoms with Crippen molar-refractivity contribution in [3.05, 3.63) is 64.2 Å². The third-order valence-corrected chi connectivity index (χ3v) is 9.02. The molecule has 0 bridgehead atoms. The first-order valence-corrected chi connectivity index (χ1v) is 16.1. The molecule has 1 aliphatic carbocycles. The van der Waals surface area contributed by atoms with Crippen LogP contribution in [0, 0.1) is 13.8 Å². The maximum Gasteiger partial charge on any atom is 0.243 e. The smallest absolute Gasteiger partial charge is 0.243 e. The minimum absolute atomic E-state index is 0.113. The molecule has 214 valence electrons. The number of hydrogen-bond donors (Lipinski definition) is 1. The normalized spacial score (nSPS) is 15.0. The second kappa shape index (κ2) is 14.2. The van der Waals surface area contributed by atoms with Gasteiger partial charge in [-0.25, -0.2) is 8.42 Å². The number of aryl methyl sites for hydroxylation is 1. The number of carbonyl (C=O) groups excluding carboxylic acids is 2. The maximum atomic E-state index is 13.7. The summed E-state index contributed by atoms with van der Waals surface area (Å²) in [6.07, 6.45) is 7.42. The fourth-order valence-corrected chi connectivity index (χ4v) is 6.51. The summed E-state index contributed by atoms with van der Waals surface area (Å²) in [5.74, 6) is -0.281. The quantitative estimate of drug-likeness (QED) is 0.349. The molecule has 7 nitrogen and oxygen atoms in total. The van der Waals surface area contributed by atoms with Gasteiger partial charge < -0.3 is 10.2 Å². The van der Waals surface area contributed by atoms with Crippen molar-refractivity contribution in [2.45, 2.75) is 90.8 Å². The third-order valence-electron chi connectivity index (χ3n) is 7.43. The zero-order valence-electron chi connectivity index (χ0n) is 23.6. The lowest BCUT2D eigenvalue weighted by Gasteiger charge is -2.33. The Labute approximate surface area is 239 Å². The molecule has 0 radical (unpaired) electrons. The van der Waals surface area contributed by atoms with Crippen LogP contribution in [0.3, 0.4) is 0 Å². The molecule has 2 aromatic rings. The van der Waals surface area contributed by atoms with E-state index in [0.717, 1.165) is 43.1 Å². The number of carbonyl (C=O) groups is 2. The van der Waals surface area contributed by atoms with Gasteiger partial charge in [0, 0.05) is 30.6 Å². The molecule has 1 aliphatic rings. The van der Waals surface area contributed by atoms with Gasteiger partial charge in [-0.05, 0) is 62.8 Å². The third kappa shape index (κ3) is 8.70. The van der Waals surface area contributed by atoms with Crippen molar-refractivity contribution in [2.75, 3.05) is 17.1 Å². The summed E-state index contributed by atoms with van der Waals surface area (Å²) in [7, 11) is -3.59. The van der Waals surface area contributed by atoms with Gasteiger partial charge in [-0.3, -0.25) is 13.9 Å². The standard InChI is InChI=1S/C30H42ClN3O4S/c1-5-27(30(36)32-25-14-7-6-8-15-25)33(21-24-13-9-12-22(2)20-24)29(35)18-11-19-34(39(4,37)38)28-17-10-16-26(31)23(28)3/h9-10,12-13,16-17,20,25,27H,5-8,11,14-15,18-19,21H2,1-4H3,(H,32,36)/t27-/m0/s1. The predicted molar refractivity (Wildman–Crippen MR) is 158 cm³/mol. The van der Waals surface area contributed by atoms with Crippen molar-refractivity contribution in [1.29, 1.82) is 0 Å². The molecule has 2 amide bonds. The van der Waals surface area contributed by atoms with E-state index in [1.165, 1.54) is 10.7 Å². The highest BCUT2D eigenvalue weighted by atomic mass is 35.5. The number of rotatable bonds is 12. The molecule has 9 heteroatoms. The topological polar surface area (TPSA) is 86.8 Å². The van der Waals surface area contributed by atoms with E-state index in [9.17, 15) is 18.0 Å². The fraction of sp³-hybridized carbons (Fsp3) is 0.533. The number of halogens is 1. The summed E-state index contributed by atoms with van der Waals surface area (Å²) >= 11 is 6.25. The van der Waals surface area contributed by atoms with Gasteiger partial charge in [-0.1, -0.05) is 73.7 Å². The van der Waals surface area contributed by atoms with Gasteiger partial charge in [0.05, 0.1) is 11.9 Å². The van der Waals surface area contributed by atoms with E-state index in [-0.39, 0.29) is 30.8 Å². The molecule has 1 saturated carbocycles. The first-order valence-electron chi connectivity index (χ1n) is 13.9. The minimum atomic E-state index is -3.59. The van der Waals surface area contributed by atoms with Crippen LogP contribution < -0.4 is 9.62 Å². The van der Waals surface area contributed by atoms with Gasteiger partial charge in [0.1, 0.15) is 6.04 Å². The first-order chi connectivity index (χ1) is 18.5. The van der Waals surface area contributed by atoms with Gasteiger partial charge in [-0.2, -0.15) is 0 Å². The Bertz CT molecular complexity index is 1240. The van der Waals surface area contributed by atoms with Crippen LogP contribution in [-0.2, 0) is 26.2 Å². The lowest BCUT2D eigenvalue weighted by Crippen LogP contribution is -2.51. The van der Waals surface area contributed by atoms with Gasteiger partial charge in [0.25, 0.3) is 0 Å². The summed E-state index contributed by atoms with van der Waals surface area (Å²) in [5, 5.41) is 3.68. The van der Waals surface area contributed by atoms with Crippen LogP contribution in [-0.4, -0.2) is 50.0 Å². The molecule has 2 aromatic carbocycles. The van der Waals surface area contributed by atoms with Gasteiger partial charge in [-0.15, -0.1) is 0 Å². The molecular formula is C30H42ClN3O4S. The number of nitrogens with zero attached hydrogens (tertiary/aromatic N) is 2. The van der Waals surface area contributed by atoms with E-state index in [1.807, 2.05) is 38.1 Å². The summed E-state index contributed by atoms with van der Waals surface area (Å²) in [4.78, 5) is 28.8. The number of nitrogens with one attached hydrogen (secondary N) is 1. The van der Waals surface area contributed by atoms with Crippen molar-refractivity contribution < 1.29 is 18.0 Å². The average molecular weight is 576 g/mol. The van der Waals surface area contributed by atoms with Crippen molar-refractivity contribution in [2.24, 2.45) is 0 Å². The summed E-state index contributed by atoms with van der Waals surface area (Å²) in [6.45, 7) is 6.16. The zero-order valence-corrected chi connectivity index (χ0v) is 25.2. The summed E-state index contributed by atoms with van der Waals surface area (Å²) in [5.41, 5.74) is 3.22. The largest absolute Gasteiger partial charge is 0.352 e. The van der Waals surface area contributed by atoms with Crippen molar-refractivity contribution in [1.82, 2.24) is 10.2 Å². The molecule has 0 aliphatic heterocycles. The lowest BCUT2D eigenvalue weighted by atomic mass is 9.95. The molecule has 39 heavy (non-hydrogen) atoms. The van der Waals surface area contributed by atoms with Crippen LogP contribution in [0.25, 0.3) is 0 Å². The Hall–Kier alpha value is -2.58. The Balaban J connectivity index is 1.78. The molecule has 0 unspecified atom stereocenters. The van der Waals surface area contributed by atoms with E-state index >= 15 is 0 Å². The molecule has 0 spiro atoms. The monoisotopic (exact) mass is 575 g/mol. The molecule has 1 atom stereocenters. The Morgan fingerprint density at radius 3 is 2.41 bits per heavy atom. The van der Waals surface area contributed by atoms with Crippen molar-refractivity contribution in [3.8, 4) is 0 Å². The van der Waals surface area contributed by atoms with Crippen LogP contribution in [0.1, 0.15) is 75.0 Å². The van der Waals surface area contributed by atoms with Crippen LogP contribution >= 0.6 is 11.6 Å². The Morgan fingerprint density at radius 1 is 1.08 bits per heavy atom. The first kappa shape index (κ1) is 31.0. The van der Waals surface area contributed by atoms with Crippen molar-refractivity contribution in [3.63, 3.8) is 0 Å². The second-order valence-electron chi connectivity index (χ2n) is 10.6. The maximum absolute atomic E-state index is 13.7. The van der Waals surface area contributed by atoms with E-state index in [1.54, 1.807) is 30.0 Å².